The molecule has 0 spiro atoms. The fraction of sp³-hybridized carbons (Fsp3) is 0.0870. The van der Waals surface area contributed by atoms with Crippen molar-refractivity contribution in [2.24, 2.45) is 0 Å². The summed E-state index contributed by atoms with van der Waals surface area (Å²) >= 11 is 3.35. The van der Waals surface area contributed by atoms with Gasteiger partial charge in [-0.05, 0) is 48.0 Å². The summed E-state index contributed by atoms with van der Waals surface area (Å²) in [6, 6.07) is 16.4. The molecule has 1 N–H and O–H groups in total. The first-order valence-corrected chi connectivity index (χ1v) is 9.91. The maximum atomic E-state index is 13.0. The molecule has 1 aliphatic rings. The smallest absolute Gasteiger partial charge is 0.300 e. The second-order valence-electron chi connectivity index (χ2n) is 6.66. The van der Waals surface area contributed by atoms with Crippen LogP contribution < -0.4 is 9.64 Å². The third-order valence-electron chi connectivity index (χ3n) is 4.91. The molecule has 2 heterocycles. The molecule has 1 amide bonds. The number of carbonyl (C=O) groups excluding carboxylic acids is 2. The van der Waals surface area contributed by atoms with Gasteiger partial charge in [-0.1, -0.05) is 34.1 Å². The topological polar surface area (TPSA) is 79.7 Å². The standard InChI is InChI=1S/C23H17BrN2O4/c1-30-18-10-8-17(9-11-18)26-20(15-3-2-12-25-13-15)19(22(28)23(26)29)21(27)14-4-6-16(24)7-5-14/h2-13,20,27H,1H3/b21-19-. The molecule has 2 aromatic carbocycles. The molecule has 30 heavy (non-hydrogen) atoms. The van der Waals surface area contributed by atoms with Gasteiger partial charge < -0.3 is 9.84 Å². The predicted octanol–water partition coefficient (Wildman–Crippen LogP) is 4.48. The van der Waals surface area contributed by atoms with Crippen molar-refractivity contribution in [1.82, 2.24) is 4.98 Å². The molecule has 6 nitrogen and oxygen atoms in total. The molecule has 1 saturated heterocycles. The maximum absolute atomic E-state index is 13.0. The van der Waals surface area contributed by atoms with Gasteiger partial charge in [0, 0.05) is 28.1 Å². The second-order valence-corrected chi connectivity index (χ2v) is 7.58. The van der Waals surface area contributed by atoms with Crippen molar-refractivity contribution in [2.75, 3.05) is 12.0 Å². The van der Waals surface area contributed by atoms with Gasteiger partial charge in [0.15, 0.2) is 0 Å². The van der Waals surface area contributed by atoms with Crippen LogP contribution in [-0.2, 0) is 9.59 Å². The zero-order valence-corrected chi connectivity index (χ0v) is 17.5. The number of aliphatic hydroxyl groups is 1. The quantitative estimate of drug-likeness (QED) is 0.349. The van der Waals surface area contributed by atoms with Gasteiger partial charge in [-0.25, -0.2) is 0 Å². The Bertz CT molecular complexity index is 1130. The van der Waals surface area contributed by atoms with Crippen molar-refractivity contribution in [3.63, 3.8) is 0 Å². The van der Waals surface area contributed by atoms with Gasteiger partial charge >= 0.3 is 0 Å². The highest BCUT2D eigenvalue weighted by Gasteiger charge is 2.47. The SMILES string of the molecule is COc1ccc(N2C(=O)C(=O)/C(=C(\O)c3ccc(Br)cc3)C2c2cccnc2)cc1. The lowest BCUT2D eigenvalue weighted by atomic mass is 9.96. The minimum atomic E-state index is -0.809. The highest BCUT2D eigenvalue weighted by molar-refractivity contribution is 9.10. The van der Waals surface area contributed by atoms with Crippen LogP contribution in [0.15, 0.2) is 83.1 Å². The molecular formula is C23H17BrN2O4. The molecule has 4 rings (SSSR count). The van der Waals surface area contributed by atoms with Crippen LogP contribution in [0.1, 0.15) is 17.2 Å². The molecule has 1 unspecified atom stereocenters. The monoisotopic (exact) mass is 464 g/mol. The zero-order chi connectivity index (χ0) is 21.3. The summed E-state index contributed by atoms with van der Waals surface area (Å²) in [6.45, 7) is 0. The first-order valence-electron chi connectivity index (χ1n) is 9.12. The highest BCUT2D eigenvalue weighted by Crippen LogP contribution is 2.42. The van der Waals surface area contributed by atoms with E-state index in [4.69, 9.17) is 4.74 Å². The Kier molecular flexibility index (Phi) is 5.37. The van der Waals surface area contributed by atoms with Gasteiger partial charge in [-0.3, -0.25) is 19.5 Å². The summed E-state index contributed by atoms with van der Waals surface area (Å²) in [5.41, 5.74) is 1.60. The Morgan fingerprint density at radius 1 is 1.07 bits per heavy atom. The summed E-state index contributed by atoms with van der Waals surface area (Å²) in [5, 5.41) is 11.0. The van der Waals surface area contributed by atoms with Crippen molar-refractivity contribution < 1.29 is 19.4 Å². The van der Waals surface area contributed by atoms with Crippen LogP contribution in [0.4, 0.5) is 5.69 Å². The van der Waals surface area contributed by atoms with Crippen LogP contribution in [0.5, 0.6) is 5.75 Å². The minimum absolute atomic E-state index is 0.0196. The number of aliphatic hydroxyl groups excluding tert-OH is 1. The summed E-state index contributed by atoms with van der Waals surface area (Å²) in [5.74, 6) is -1.07. The number of hydrogen-bond donors (Lipinski definition) is 1. The molecule has 1 aromatic heterocycles. The van der Waals surface area contributed by atoms with Crippen molar-refractivity contribution in [2.45, 2.75) is 6.04 Å². The Morgan fingerprint density at radius 3 is 2.37 bits per heavy atom. The Labute approximate surface area is 181 Å². The number of pyridine rings is 1. The van der Waals surface area contributed by atoms with Crippen LogP contribution in [-0.4, -0.2) is 28.9 Å². The Hall–Kier alpha value is -3.45. The molecule has 150 valence electrons. The zero-order valence-electron chi connectivity index (χ0n) is 15.9. The lowest BCUT2D eigenvalue weighted by Crippen LogP contribution is -2.29. The molecule has 1 atom stereocenters. The number of halogens is 1. The molecular weight excluding hydrogens is 448 g/mol. The van der Waals surface area contributed by atoms with E-state index in [0.717, 1.165) is 4.47 Å². The average molecular weight is 465 g/mol. The van der Waals surface area contributed by atoms with E-state index in [1.807, 2.05) is 0 Å². The maximum Gasteiger partial charge on any atom is 0.300 e. The van der Waals surface area contributed by atoms with Gasteiger partial charge in [-0.2, -0.15) is 0 Å². The van der Waals surface area contributed by atoms with Crippen LogP contribution in [0, 0.1) is 0 Å². The number of benzene rings is 2. The van der Waals surface area contributed by atoms with E-state index >= 15 is 0 Å². The number of nitrogens with zero attached hydrogens (tertiary/aromatic N) is 2. The highest BCUT2D eigenvalue weighted by atomic mass is 79.9. The number of ketones is 1. The lowest BCUT2D eigenvalue weighted by Gasteiger charge is -2.25. The van der Waals surface area contributed by atoms with Crippen molar-refractivity contribution in [1.29, 1.82) is 0 Å². The lowest BCUT2D eigenvalue weighted by molar-refractivity contribution is -0.132. The van der Waals surface area contributed by atoms with E-state index in [0.29, 0.717) is 22.6 Å². The van der Waals surface area contributed by atoms with Crippen LogP contribution in [0.25, 0.3) is 5.76 Å². The molecule has 0 bridgehead atoms. The third-order valence-corrected chi connectivity index (χ3v) is 5.44. The van der Waals surface area contributed by atoms with Gasteiger partial charge in [0.05, 0.1) is 18.7 Å². The van der Waals surface area contributed by atoms with Crippen molar-refractivity contribution >= 4 is 39.1 Å². The van der Waals surface area contributed by atoms with Gasteiger partial charge in [0.25, 0.3) is 11.7 Å². The van der Waals surface area contributed by atoms with Gasteiger partial charge in [-0.15, -0.1) is 0 Å². The van der Waals surface area contributed by atoms with E-state index < -0.39 is 17.7 Å². The van der Waals surface area contributed by atoms with E-state index in [1.165, 1.54) is 4.90 Å². The minimum Gasteiger partial charge on any atom is -0.507 e. The summed E-state index contributed by atoms with van der Waals surface area (Å²) in [6.07, 6.45) is 3.19. The molecule has 1 fully saturated rings. The number of rotatable bonds is 4. The summed E-state index contributed by atoms with van der Waals surface area (Å²) < 4.78 is 6.02. The molecule has 0 saturated carbocycles. The Morgan fingerprint density at radius 2 is 1.77 bits per heavy atom. The fourth-order valence-corrected chi connectivity index (χ4v) is 3.72. The summed E-state index contributed by atoms with van der Waals surface area (Å²) in [7, 11) is 1.55. The number of aromatic nitrogens is 1. The van der Waals surface area contributed by atoms with E-state index in [-0.39, 0.29) is 11.3 Å². The normalized spacial score (nSPS) is 17.9. The van der Waals surface area contributed by atoms with E-state index in [1.54, 1.807) is 80.2 Å². The van der Waals surface area contributed by atoms with Crippen molar-refractivity contribution in [3.8, 4) is 5.75 Å². The number of Topliss-reactive ketones (excluding diaryl/α,β-unsaturated/α-hetero) is 1. The molecule has 0 radical (unpaired) electrons. The van der Waals surface area contributed by atoms with Gasteiger partial charge in [0.2, 0.25) is 0 Å². The number of anilines is 1. The van der Waals surface area contributed by atoms with Crippen LogP contribution >= 0.6 is 15.9 Å². The number of amides is 1. The van der Waals surface area contributed by atoms with E-state index in [9.17, 15) is 14.7 Å². The number of carbonyl (C=O) groups is 2. The molecule has 1 aliphatic heterocycles. The summed E-state index contributed by atoms with van der Waals surface area (Å²) in [4.78, 5) is 31.5. The fourth-order valence-electron chi connectivity index (χ4n) is 3.46. The second kappa shape index (κ2) is 8.12. The molecule has 7 heteroatoms. The molecule has 3 aromatic rings. The Balaban J connectivity index is 1.90. The largest absolute Gasteiger partial charge is 0.507 e. The average Bonchev–Trinajstić information content (AvgIpc) is 3.05. The van der Waals surface area contributed by atoms with Crippen LogP contribution in [0.3, 0.4) is 0 Å². The van der Waals surface area contributed by atoms with Crippen molar-refractivity contribution in [3.05, 3.63) is 94.2 Å². The van der Waals surface area contributed by atoms with Crippen LogP contribution in [0.2, 0.25) is 0 Å². The predicted molar refractivity (Wildman–Crippen MR) is 116 cm³/mol. The number of hydrogen-bond acceptors (Lipinski definition) is 5. The number of methoxy groups -OCH3 is 1. The van der Waals surface area contributed by atoms with E-state index in [2.05, 4.69) is 20.9 Å². The first-order chi connectivity index (χ1) is 14.5. The third kappa shape index (κ3) is 3.48. The van der Waals surface area contributed by atoms with Gasteiger partial charge in [0.1, 0.15) is 11.5 Å². The number of ether oxygens (including phenoxy) is 1. The first kappa shape index (κ1) is 19.8. The molecule has 0 aliphatic carbocycles.